The Balaban J connectivity index is 0.000000172. The minimum atomic E-state index is -0.0101. The number of pyridine rings is 2. The molecule has 0 bridgehead atoms. The largest absolute Gasteiger partial charge is 2.00 e. The maximum absolute atomic E-state index is 11.8. The van der Waals surface area contributed by atoms with E-state index < -0.39 is 0 Å². The maximum atomic E-state index is 11.8. The molecular formula is C77H68BeN2O2+2. The monoisotopic (exact) mass is 1060 g/mol. The van der Waals surface area contributed by atoms with Gasteiger partial charge in [0.25, 0.3) is 0 Å². The molecule has 3 aliphatic rings. The zero-order valence-corrected chi connectivity index (χ0v) is 48.1. The molecule has 2 aromatic heterocycles. The van der Waals surface area contributed by atoms with E-state index in [4.69, 9.17) is 0 Å². The molecule has 4 nitrogen and oxygen atoms in total. The number of hydrogen-bond acceptors (Lipinski definition) is 2. The molecule has 82 heavy (non-hydrogen) atoms. The van der Waals surface area contributed by atoms with E-state index in [0.717, 1.165) is 81.9 Å². The SMILES string of the molecule is CCC1(CC)c2ccccc2-c2ccc(-c3ccc4c(c3)C(CC)(CC)c3cc(-c5ccc6c(c5)C(CC)(CC)c5ccccc5-6)ccc3-4)cc21.[Be+2].[O-]c1cccc2ccc3ccc[nH+]c3c12.[O-]c1cccc2ccc3ccc[nH+]c3c12. The number of benzene rings is 10. The van der Waals surface area contributed by atoms with Gasteiger partial charge in [0.1, 0.15) is 0 Å². The van der Waals surface area contributed by atoms with Crippen molar-refractivity contribution in [2.75, 3.05) is 0 Å². The first-order valence-corrected chi connectivity index (χ1v) is 29.4. The van der Waals surface area contributed by atoms with Gasteiger partial charge in [0.15, 0.2) is 12.4 Å². The van der Waals surface area contributed by atoms with Gasteiger partial charge in [-0.2, -0.15) is 0 Å². The Kier molecular flexibility index (Phi) is 14.0. The summed E-state index contributed by atoms with van der Waals surface area (Å²) in [4.78, 5) is 6.27. The molecule has 0 radical (unpaired) electrons. The van der Waals surface area contributed by atoms with Crippen molar-refractivity contribution in [2.24, 2.45) is 0 Å². The van der Waals surface area contributed by atoms with Crippen LogP contribution in [0.15, 0.2) is 219 Å². The van der Waals surface area contributed by atoms with E-state index in [0.29, 0.717) is 0 Å². The third-order valence-electron chi connectivity index (χ3n) is 19.5. The minimum absolute atomic E-state index is 0. The van der Waals surface area contributed by atoms with Crippen molar-refractivity contribution in [3.8, 4) is 67.1 Å². The van der Waals surface area contributed by atoms with Gasteiger partial charge >= 0.3 is 10.1 Å². The summed E-state index contributed by atoms with van der Waals surface area (Å²) >= 11 is 0. The molecule has 0 spiro atoms. The van der Waals surface area contributed by atoms with Crippen molar-refractivity contribution in [1.82, 2.24) is 0 Å². The van der Waals surface area contributed by atoms with Crippen LogP contribution in [0.1, 0.15) is 113 Å². The first kappa shape index (κ1) is 53.9. The molecule has 0 unspecified atom stereocenters. The summed E-state index contributed by atoms with van der Waals surface area (Å²) in [7, 11) is 0. The molecule has 2 heterocycles. The van der Waals surface area contributed by atoms with E-state index in [-0.39, 0.29) is 37.9 Å². The molecule has 3 aliphatic carbocycles. The van der Waals surface area contributed by atoms with Crippen LogP contribution in [-0.2, 0) is 16.2 Å². The first-order chi connectivity index (χ1) is 39.6. The Morgan fingerprint density at radius 1 is 0.293 bits per heavy atom. The molecule has 0 aliphatic heterocycles. The van der Waals surface area contributed by atoms with Gasteiger partial charge in [-0.3, -0.25) is 0 Å². The molecule has 2 N–H and O–H groups in total. The average Bonchev–Trinajstić information content (AvgIpc) is 4.31. The van der Waals surface area contributed by atoms with Crippen molar-refractivity contribution in [2.45, 2.75) is 96.3 Å². The summed E-state index contributed by atoms with van der Waals surface area (Å²) in [6.07, 6.45) is 10.3. The fourth-order valence-electron chi connectivity index (χ4n) is 15.0. The van der Waals surface area contributed by atoms with Gasteiger partial charge in [-0.05, 0) is 187 Å². The van der Waals surface area contributed by atoms with Crippen LogP contribution < -0.4 is 20.2 Å². The number of nitrogens with one attached hydrogen (secondary N) is 2. The van der Waals surface area contributed by atoms with Crippen LogP contribution in [-0.4, -0.2) is 10.1 Å². The molecule has 15 rings (SSSR count). The van der Waals surface area contributed by atoms with Crippen LogP contribution in [0.5, 0.6) is 11.5 Å². The number of rotatable bonds is 8. The number of aromatic amines is 2. The van der Waals surface area contributed by atoms with Crippen molar-refractivity contribution >= 4 is 53.5 Å². The molecule has 0 atom stereocenters. The predicted molar refractivity (Wildman–Crippen MR) is 338 cm³/mol. The topological polar surface area (TPSA) is 74.4 Å². The van der Waals surface area contributed by atoms with Crippen molar-refractivity contribution in [3.05, 3.63) is 252 Å². The molecule has 12 aromatic rings. The Labute approximate surface area is 486 Å². The fraction of sp³-hybridized carbons (Fsp3) is 0.195. The predicted octanol–water partition coefficient (Wildman–Crippen LogP) is 17.7. The van der Waals surface area contributed by atoms with Crippen LogP contribution in [0.4, 0.5) is 0 Å². The van der Waals surface area contributed by atoms with Gasteiger partial charge in [0.2, 0.25) is 11.0 Å². The summed E-state index contributed by atoms with van der Waals surface area (Å²) in [6.45, 7) is 14.3. The van der Waals surface area contributed by atoms with Crippen LogP contribution in [0.3, 0.4) is 0 Å². The van der Waals surface area contributed by atoms with Crippen LogP contribution in [0.25, 0.3) is 99.0 Å². The number of H-pyrrole nitrogens is 2. The van der Waals surface area contributed by atoms with Gasteiger partial charge in [-0.25, -0.2) is 9.97 Å². The summed E-state index contributed by atoms with van der Waals surface area (Å²) in [5.74, 6) is 0.140. The van der Waals surface area contributed by atoms with E-state index in [1.54, 1.807) is 24.3 Å². The molecule has 0 fully saturated rings. The molecule has 0 amide bonds. The van der Waals surface area contributed by atoms with Crippen LogP contribution in [0, 0.1) is 0 Å². The van der Waals surface area contributed by atoms with E-state index in [1.807, 2.05) is 73.1 Å². The van der Waals surface area contributed by atoms with Gasteiger partial charge in [-0.15, -0.1) is 0 Å². The second kappa shape index (κ2) is 21.3. The smallest absolute Gasteiger partial charge is 0.872 e. The molecule has 398 valence electrons. The Morgan fingerprint density at radius 2 is 0.585 bits per heavy atom. The third-order valence-corrected chi connectivity index (χ3v) is 19.5. The molecular weight excluding hydrogens is 994 g/mol. The van der Waals surface area contributed by atoms with Crippen molar-refractivity contribution in [3.63, 3.8) is 0 Å². The Bertz CT molecular complexity index is 4150. The second-order valence-corrected chi connectivity index (χ2v) is 22.6. The summed E-state index contributed by atoms with van der Waals surface area (Å²) in [6, 6.07) is 74.1. The molecule has 0 saturated heterocycles. The minimum Gasteiger partial charge on any atom is -0.872 e. The summed E-state index contributed by atoms with van der Waals surface area (Å²) in [5, 5.41) is 29.2. The number of hydrogen-bond donors (Lipinski definition) is 0. The number of aromatic nitrogens is 2. The zero-order valence-electron chi connectivity index (χ0n) is 48.1. The third kappa shape index (κ3) is 8.20. The normalized spacial score (nSPS) is 14.1. The molecule has 0 saturated carbocycles. The first-order valence-electron chi connectivity index (χ1n) is 29.4. The van der Waals surface area contributed by atoms with Crippen molar-refractivity contribution < 1.29 is 20.2 Å². The zero-order chi connectivity index (χ0) is 55.6. The van der Waals surface area contributed by atoms with Gasteiger partial charge in [0, 0.05) is 49.9 Å². The van der Waals surface area contributed by atoms with E-state index >= 15 is 0 Å². The maximum Gasteiger partial charge on any atom is 2.00 e. The van der Waals surface area contributed by atoms with Gasteiger partial charge in [-0.1, -0.05) is 199 Å². The van der Waals surface area contributed by atoms with Gasteiger partial charge in [0.05, 0.1) is 0 Å². The summed E-state index contributed by atoms with van der Waals surface area (Å²) in [5.41, 5.74) is 24.8. The van der Waals surface area contributed by atoms with Crippen LogP contribution in [0.2, 0.25) is 0 Å². The van der Waals surface area contributed by atoms with E-state index in [9.17, 15) is 10.2 Å². The quantitative estimate of drug-likeness (QED) is 0.112. The van der Waals surface area contributed by atoms with E-state index in [1.165, 1.54) is 89.0 Å². The number of fused-ring (bicyclic) bond motifs is 15. The van der Waals surface area contributed by atoms with Crippen molar-refractivity contribution in [1.29, 1.82) is 0 Å². The second-order valence-electron chi connectivity index (χ2n) is 22.6. The fourth-order valence-corrected chi connectivity index (χ4v) is 15.0. The average molecular weight is 1060 g/mol. The van der Waals surface area contributed by atoms with Crippen LogP contribution >= 0.6 is 0 Å². The standard InChI is InChI=1S/C51H50.2C13H9NO.Be/c1-7-49(8-2)43-19-15-13-17-37(43)39-25-21-33(29-45(39)49)35-23-27-41-42-28-24-36(32-48(42)51(11-5,12-6)47(41)31-35)34-22-26-40-38-18-14-16-20-44(38)50(9-3,10-4)46(40)30-34;2*15-11-5-1-3-9-6-7-10-4-2-8-14-13(10)12(9)11;/h13-32H,7-12H2,1-6H3;2*1-8,15H;/q;;;+2. The Hall–Kier alpha value is -8.69. The molecule has 5 heteroatoms. The molecule has 10 aromatic carbocycles. The summed E-state index contributed by atoms with van der Waals surface area (Å²) < 4.78 is 0. The Morgan fingerprint density at radius 3 is 0.927 bits per heavy atom. The van der Waals surface area contributed by atoms with Gasteiger partial charge < -0.3 is 10.2 Å². The van der Waals surface area contributed by atoms with E-state index in [2.05, 4.69) is 173 Å².